The highest BCUT2D eigenvalue weighted by Crippen LogP contribution is 2.34. The average molecular weight is 369 g/mol. The Bertz CT molecular complexity index is 964. The number of fused-ring (bicyclic) bond motifs is 1. The number of hydrogen-bond donors (Lipinski definition) is 1. The number of imidazole rings is 1. The summed E-state index contributed by atoms with van der Waals surface area (Å²) in [6, 6.07) is 10.5. The van der Waals surface area contributed by atoms with Crippen LogP contribution in [0.15, 0.2) is 59.8 Å². The molecule has 9 heteroatoms. The Morgan fingerprint density at radius 1 is 1.08 bits per heavy atom. The fourth-order valence-electron chi connectivity index (χ4n) is 2.40. The van der Waals surface area contributed by atoms with Gasteiger partial charge in [0.15, 0.2) is 0 Å². The first-order valence-electron chi connectivity index (χ1n) is 7.36. The Kier molecular flexibility index (Phi) is 4.42. The number of nitrogens with zero attached hydrogens (tertiary/aromatic N) is 2. The number of pyridine rings is 1. The second-order valence-corrected chi connectivity index (χ2v) is 7.23. The van der Waals surface area contributed by atoms with Crippen LogP contribution in [0, 0.1) is 0 Å². The van der Waals surface area contributed by atoms with Crippen LogP contribution in [0.2, 0.25) is 0 Å². The Hall–Kier alpha value is -2.55. The fraction of sp³-hybridized carbons (Fsp3) is 0.188. The first kappa shape index (κ1) is 17.3. The standard InChI is InChI=1S/C16H14F3N3O2S/c17-16(18,19)25(23,24)14-6-2-1-5-13(14)20-9-8-12-11-22-10-4-3-7-15(22)21-12/h1-7,10-11,20H,8-9H2. The summed E-state index contributed by atoms with van der Waals surface area (Å²) in [7, 11) is -5.40. The molecule has 0 radical (unpaired) electrons. The summed E-state index contributed by atoms with van der Waals surface area (Å²) in [6.45, 7) is 0.244. The van der Waals surface area contributed by atoms with Gasteiger partial charge >= 0.3 is 5.51 Å². The smallest absolute Gasteiger partial charge is 0.384 e. The van der Waals surface area contributed by atoms with Gasteiger partial charge in [-0.25, -0.2) is 13.4 Å². The van der Waals surface area contributed by atoms with Crippen LogP contribution in [0.1, 0.15) is 5.69 Å². The Morgan fingerprint density at radius 3 is 2.52 bits per heavy atom. The maximum Gasteiger partial charge on any atom is 0.501 e. The van der Waals surface area contributed by atoms with Crippen molar-refractivity contribution in [2.45, 2.75) is 16.8 Å². The van der Waals surface area contributed by atoms with Crippen molar-refractivity contribution in [3.05, 3.63) is 60.6 Å². The third-order valence-electron chi connectivity index (χ3n) is 3.59. The van der Waals surface area contributed by atoms with E-state index in [4.69, 9.17) is 0 Å². The van der Waals surface area contributed by atoms with E-state index in [1.54, 1.807) is 0 Å². The van der Waals surface area contributed by atoms with Crippen LogP contribution in [0.4, 0.5) is 18.9 Å². The maximum atomic E-state index is 12.8. The molecule has 2 aromatic heterocycles. The van der Waals surface area contributed by atoms with E-state index >= 15 is 0 Å². The van der Waals surface area contributed by atoms with Gasteiger partial charge in [0.1, 0.15) is 5.65 Å². The maximum absolute atomic E-state index is 12.8. The van der Waals surface area contributed by atoms with E-state index in [1.165, 1.54) is 18.2 Å². The molecule has 25 heavy (non-hydrogen) atoms. The van der Waals surface area contributed by atoms with Gasteiger partial charge in [-0.2, -0.15) is 13.2 Å². The third-order valence-corrected chi connectivity index (χ3v) is 5.14. The number of nitrogens with one attached hydrogen (secondary N) is 1. The molecular weight excluding hydrogens is 355 g/mol. The van der Waals surface area contributed by atoms with Gasteiger partial charge < -0.3 is 9.72 Å². The molecule has 0 aliphatic rings. The predicted octanol–water partition coefficient (Wildman–Crippen LogP) is 3.28. The Balaban J connectivity index is 1.76. The minimum atomic E-state index is -5.40. The van der Waals surface area contributed by atoms with Crippen LogP contribution >= 0.6 is 0 Å². The molecule has 2 heterocycles. The SMILES string of the molecule is O=S(=O)(c1ccccc1NCCc1cn2ccccc2n1)C(F)(F)F. The van der Waals surface area contributed by atoms with Crippen molar-refractivity contribution in [1.82, 2.24) is 9.38 Å². The van der Waals surface area contributed by atoms with Crippen molar-refractivity contribution in [2.24, 2.45) is 0 Å². The minimum absolute atomic E-state index is 0.0800. The number of hydrogen-bond acceptors (Lipinski definition) is 4. The van der Waals surface area contributed by atoms with Gasteiger partial charge in [0, 0.05) is 25.4 Å². The molecule has 0 unspecified atom stereocenters. The quantitative estimate of drug-likeness (QED) is 0.750. The molecule has 0 saturated carbocycles. The summed E-state index contributed by atoms with van der Waals surface area (Å²) in [5, 5.41) is 2.76. The molecule has 0 aliphatic carbocycles. The van der Waals surface area contributed by atoms with Gasteiger partial charge in [0.25, 0.3) is 9.84 Å². The molecule has 0 saturated heterocycles. The highest BCUT2D eigenvalue weighted by molar-refractivity contribution is 7.92. The molecule has 5 nitrogen and oxygen atoms in total. The summed E-state index contributed by atoms with van der Waals surface area (Å²) in [5.74, 6) is 0. The molecule has 3 rings (SSSR count). The van der Waals surface area contributed by atoms with Crippen LogP contribution in [-0.2, 0) is 16.3 Å². The first-order chi connectivity index (χ1) is 11.8. The second kappa shape index (κ2) is 6.40. The van der Waals surface area contributed by atoms with E-state index in [2.05, 4.69) is 10.3 Å². The summed E-state index contributed by atoms with van der Waals surface area (Å²) < 4.78 is 63.4. The molecule has 0 spiro atoms. The molecule has 132 valence electrons. The largest absolute Gasteiger partial charge is 0.501 e. The molecule has 0 atom stereocenters. The lowest BCUT2D eigenvalue weighted by Gasteiger charge is -2.13. The summed E-state index contributed by atoms with van der Waals surface area (Å²) in [4.78, 5) is 3.60. The van der Waals surface area contributed by atoms with E-state index < -0.39 is 20.2 Å². The molecule has 0 bridgehead atoms. The number of rotatable bonds is 5. The molecule has 0 amide bonds. The van der Waals surface area contributed by atoms with Crippen molar-refractivity contribution >= 4 is 21.2 Å². The van der Waals surface area contributed by atoms with Gasteiger partial charge in [-0.3, -0.25) is 0 Å². The molecule has 3 aromatic rings. The molecule has 1 aromatic carbocycles. The van der Waals surface area contributed by atoms with Crippen LogP contribution in [0.25, 0.3) is 5.65 Å². The number of halogens is 3. The molecule has 0 fully saturated rings. The van der Waals surface area contributed by atoms with E-state index in [-0.39, 0.29) is 12.2 Å². The van der Waals surface area contributed by atoms with Crippen molar-refractivity contribution < 1.29 is 21.6 Å². The van der Waals surface area contributed by atoms with Crippen molar-refractivity contribution in [3.63, 3.8) is 0 Å². The van der Waals surface area contributed by atoms with Crippen molar-refractivity contribution in [2.75, 3.05) is 11.9 Å². The number of alkyl halides is 3. The molecule has 1 N–H and O–H groups in total. The summed E-state index contributed by atoms with van der Waals surface area (Å²) >= 11 is 0. The Morgan fingerprint density at radius 2 is 1.80 bits per heavy atom. The number of aromatic nitrogens is 2. The number of para-hydroxylation sites is 1. The lowest BCUT2D eigenvalue weighted by molar-refractivity contribution is -0.0435. The normalized spacial score (nSPS) is 12.4. The summed E-state index contributed by atoms with van der Waals surface area (Å²) in [6.07, 6.45) is 4.09. The second-order valence-electron chi connectivity index (χ2n) is 5.32. The topological polar surface area (TPSA) is 63.5 Å². The highest BCUT2D eigenvalue weighted by Gasteiger charge is 2.47. The lowest BCUT2D eigenvalue weighted by atomic mass is 10.3. The summed E-state index contributed by atoms with van der Waals surface area (Å²) in [5.41, 5.74) is -3.91. The van der Waals surface area contributed by atoms with E-state index in [0.717, 1.165) is 17.4 Å². The van der Waals surface area contributed by atoms with Gasteiger partial charge in [-0.15, -0.1) is 0 Å². The number of sulfone groups is 1. The highest BCUT2D eigenvalue weighted by atomic mass is 32.2. The van der Waals surface area contributed by atoms with Crippen LogP contribution in [0.3, 0.4) is 0 Å². The minimum Gasteiger partial charge on any atom is -0.384 e. The van der Waals surface area contributed by atoms with Gasteiger partial charge in [-0.05, 0) is 24.3 Å². The van der Waals surface area contributed by atoms with Crippen LogP contribution in [0.5, 0.6) is 0 Å². The van der Waals surface area contributed by atoms with Crippen LogP contribution < -0.4 is 5.32 Å². The number of benzene rings is 1. The molecule has 0 aliphatic heterocycles. The Labute approximate surface area is 142 Å². The first-order valence-corrected chi connectivity index (χ1v) is 8.84. The number of anilines is 1. The van der Waals surface area contributed by atoms with Gasteiger partial charge in [0.2, 0.25) is 0 Å². The zero-order valence-electron chi connectivity index (χ0n) is 12.9. The van der Waals surface area contributed by atoms with E-state index in [1.807, 2.05) is 35.0 Å². The zero-order valence-corrected chi connectivity index (χ0v) is 13.7. The predicted molar refractivity (Wildman–Crippen MR) is 87.1 cm³/mol. The third kappa shape index (κ3) is 3.46. The zero-order chi connectivity index (χ0) is 18.1. The monoisotopic (exact) mass is 369 g/mol. The van der Waals surface area contributed by atoms with Gasteiger partial charge in [-0.1, -0.05) is 18.2 Å². The lowest BCUT2D eigenvalue weighted by Crippen LogP contribution is -2.24. The van der Waals surface area contributed by atoms with E-state index in [9.17, 15) is 21.6 Å². The van der Waals surface area contributed by atoms with Crippen LogP contribution in [-0.4, -0.2) is 29.9 Å². The van der Waals surface area contributed by atoms with Crippen molar-refractivity contribution in [3.8, 4) is 0 Å². The van der Waals surface area contributed by atoms with Gasteiger partial charge in [0.05, 0.1) is 16.3 Å². The molecular formula is C16H14F3N3O2S. The van der Waals surface area contributed by atoms with E-state index in [0.29, 0.717) is 6.42 Å². The average Bonchev–Trinajstić information content (AvgIpc) is 2.97. The fourth-order valence-corrected chi connectivity index (χ4v) is 3.34. The van der Waals surface area contributed by atoms with Crippen molar-refractivity contribution in [1.29, 1.82) is 0 Å².